The molecule has 6 heteroatoms. The fourth-order valence-corrected chi connectivity index (χ4v) is 2.71. The van der Waals surface area contributed by atoms with Gasteiger partial charge in [0.15, 0.2) is 0 Å². The first-order valence-electron chi connectivity index (χ1n) is 7.87. The van der Waals surface area contributed by atoms with Crippen LogP contribution in [0.2, 0.25) is 0 Å². The number of nitrogens with zero attached hydrogens (tertiary/aromatic N) is 2. The molecule has 5 nitrogen and oxygen atoms in total. The molecule has 1 aromatic carbocycles. The third kappa shape index (κ3) is 4.25. The molecule has 1 fully saturated rings. The topological polar surface area (TPSA) is 66.9 Å². The Labute approximate surface area is 134 Å². The normalized spacial score (nSPS) is 15.2. The van der Waals surface area contributed by atoms with Gasteiger partial charge in [-0.3, -0.25) is 4.79 Å². The van der Waals surface area contributed by atoms with E-state index in [-0.39, 0.29) is 17.8 Å². The van der Waals surface area contributed by atoms with Crippen LogP contribution < -0.4 is 10.6 Å². The average molecular weight is 314 g/mol. The minimum atomic E-state index is -0.308. The van der Waals surface area contributed by atoms with Gasteiger partial charge in [-0.05, 0) is 43.2 Å². The summed E-state index contributed by atoms with van der Waals surface area (Å²) in [6.45, 7) is 0. The van der Waals surface area contributed by atoms with E-state index in [1.807, 2.05) is 0 Å². The minimum Gasteiger partial charge on any atom is -0.348 e. The van der Waals surface area contributed by atoms with Gasteiger partial charge in [0.2, 0.25) is 5.95 Å². The molecule has 1 aliphatic rings. The number of benzene rings is 1. The summed E-state index contributed by atoms with van der Waals surface area (Å²) in [4.78, 5) is 20.6. The van der Waals surface area contributed by atoms with Gasteiger partial charge in [-0.1, -0.05) is 19.3 Å². The molecule has 0 radical (unpaired) electrons. The fraction of sp³-hybridized carbons (Fsp3) is 0.353. The van der Waals surface area contributed by atoms with Gasteiger partial charge >= 0.3 is 0 Å². The average Bonchev–Trinajstić information content (AvgIpc) is 2.58. The molecule has 0 aliphatic heterocycles. The number of anilines is 2. The first-order valence-corrected chi connectivity index (χ1v) is 7.87. The lowest BCUT2D eigenvalue weighted by Crippen LogP contribution is -2.36. The summed E-state index contributed by atoms with van der Waals surface area (Å²) in [6, 6.07) is 7.71. The van der Waals surface area contributed by atoms with Gasteiger partial charge in [0.1, 0.15) is 11.5 Å². The summed E-state index contributed by atoms with van der Waals surface area (Å²) in [6.07, 6.45) is 7.15. The first kappa shape index (κ1) is 15.4. The van der Waals surface area contributed by atoms with E-state index in [9.17, 15) is 9.18 Å². The van der Waals surface area contributed by atoms with Gasteiger partial charge in [-0.15, -0.1) is 0 Å². The number of halogens is 1. The molecule has 1 amide bonds. The maximum atomic E-state index is 12.9. The largest absolute Gasteiger partial charge is 0.348 e. The highest BCUT2D eigenvalue weighted by Crippen LogP contribution is 2.18. The molecule has 120 valence electrons. The van der Waals surface area contributed by atoms with Crippen LogP contribution in [-0.4, -0.2) is 21.9 Å². The second-order valence-electron chi connectivity index (χ2n) is 5.71. The molecule has 1 aromatic heterocycles. The van der Waals surface area contributed by atoms with E-state index < -0.39 is 0 Å². The Morgan fingerprint density at radius 2 is 1.83 bits per heavy atom. The minimum absolute atomic E-state index is 0.179. The van der Waals surface area contributed by atoms with Crippen molar-refractivity contribution in [3.63, 3.8) is 0 Å². The smallest absolute Gasteiger partial charge is 0.270 e. The molecular weight excluding hydrogens is 295 g/mol. The Balaban J connectivity index is 1.66. The summed E-state index contributed by atoms with van der Waals surface area (Å²) >= 11 is 0. The van der Waals surface area contributed by atoms with Gasteiger partial charge < -0.3 is 10.6 Å². The highest BCUT2D eigenvalue weighted by atomic mass is 19.1. The summed E-state index contributed by atoms with van der Waals surface area (Å²) in [5.74, 6) is -0.175. The number of nitrogens with one attached hydrogen (secondary N) is 2. The van der Waals surface area contributed by atoms with Crippen LogP contribution in [0.3, 0.4) is 0 Å². The van der Waals surface area contributed by atoms with Crippen molar-refractivity contribution in [3.05, 3.63) is 48.0 Å². The Morgan fingerprint density at radius 1 is 1.09 bits per heavy atom. The van der Waals surface area contributed by atoms with Gasteiger partial charge in [0.05, 0.1) is 0 Å². The molecule has 1 aliphatic carbocycles. The maximum Gasteiger partial charge on any atom is 0.270 e. The molecule has 0 spiro atoms. The highest BCUT2D eigenvalue weighted by Gasteiger charge is 2.17. The van der Waals surface area contributed by atoms with Crippen LogP contribution in [0.1, 0.15) is 42.6 Å². The first-order chi connectivity index (χ1) is 11.2. The summed E-state index contributed by atoms with van der Waals surface area (Å²) < 4.78 is 12.9. The molecule has 0 atom stereocenters. The van der Waals surface area contributed by atoms with Crippen molar-refractivity contribution in [3.8, 4) is 0 Å². The second kappa shape index (κ2) is 7.17. The van der Waals surface area contributed by atoms with E-state index in [0.29, 0.717) is 17.3 Å². The molecule has 0 saturated heterocycles. The van der Waals surface area contributed by atoms with Crippen LogP contribution in [0.25, 0.3) is 0 Å². The summed E-state index contributed by atoms with van der Waals surface area (Å²) in [5, 5.41) is 5.99. The Bertz CT molecular complexity index is 669. The van der Waals surface area contributed by atoms with Crippen molar-refractivity contribution in [1.29, 1.82) is 0 Å². The van der Waals surface area contributed by atoms with Gasteiger partial charge in [0, 0.05) is 17.9 Å². The van der Waals surface area contributed by atoms with Crippen molar-refractivity contribution in [2.24, 2.45) is 0 Å². The van der Waals surface area contributed by atoms with Crippen molar-refractivity contribution in [2.75, 3.05) is 5.32 Å². The predicted molar refractivity (Wildman–Crippen MR) is 86.1 cm³/mol. The van der Waals surface area contributed by atoms with E-state index in [1.54, 1.807) is 18.2 Å². The number of carbonyl (C=O) groups excluding carboxylic acids is 1. The van der Waals surface area contributed by atoms with Crippen LogP contribution in [0, 0.1) is 5.82 Å². The van der Waals surface area contributed by atoms with E-state index >= 15 is 0 Å². The molecule has 1 heterocycles. The quantitative estimate of drug-likeness (QED) is 0.907. The molecule has 3 rings (SSSR count). The number of amides is 1. The van der Waals surface area contributed by atoms with Crippen LogP contribution in [0.15, 0.2) is 36.5 Å². The Hall–Kier alpha value is -2.50. The third-order valence-corrected chi connectivity index (χ3v) is 3.93. The van der Waals surface area contributed by atoms with Crippen LogP contribution in [0.5, 0.6) is 0 Å². The standard InChI is InChI=1S/C17H19FN4O/c18-12-6-8-14(9-7-12)21-17-19-11-10-15(22-17)16(23)20-13-4-2-1-3-5-13/h6-11,13H,1-5H2,(H,20,23)(H,19,21,22). The van der Waals surface area contributed by atoms with Crippen LogP contribution in [-0.2, 0) is 0 Å². The molecule has 0 unspecified atom stereocenters. The zero-order valence-electron chi connectivity index (χ0n) is 12.8. The Morgan fingerprint density at radius 3 is 2.57 bits per heavy atom. The number of hydrogen-bond donors (Lipinski definition) is 2. The highest BCUT2D eigenvalue weighted by molar-refractivity contribution is 5.92. The molecule has 2 N–H and O–H groups in total. The van der Waals surface area contributed by atoms with E-state index in [4.69, 9.17) is 0 Å². The predicted octanol–water partition coefficient (Wildman–Crippen LogP) is 3.42. The third-order valence-electron chi connectivity index (χ3n) is 3.93. The van der Waals surface area contributed by atoms with E-state index in [2.05, 4.69) is 20.6 Å². The lowest BCUT2D eigenvalue weighted by Gasteiger charge is -2.22. The summed E-state index contributed by atoms with van der Waals surface area (Å²) in [7, 11) is 0. The van der Waals surface area contributed by atoms with Gasteiger partial charge in [0.25, 0.3) is 5.91 Å². The van der Waals surface area contributed by atoms with Crippen LogP contribution in [0.4, 0.5) is 16.0 Å². The molecule has 2 aromatic rings. The monoisotopic (exact) mass is 314 g/mol. The molecular formula is C17H19FN4O. The fourth-order valence-electron chi connectivity index (χ4n) is 2.71. The summed E-state index contributed by atoms with van der Waals surface area (Å²) in [5.41, 5.74) is 0.992. The number of aromatic nitrogens is 2. The van der Waals surface area contributed by atoms with Gasteiger partial charge in [-0.2, -0.15) is 0 Å². The van der Waals surface area contributed by atoms with Crippen LogP contribution >= 0.6 is 0 Å². The van der Waals surface area contributed by atoms with E-state index in [1.165, 1.54) is 24.8 Å². The van der Waals surface area contributed by atoms with Crippen molar-refractivity contribution >= 4 is 17.5 Å². The zero-order chi connectivity index (χ0) is 16.1. The number of carbonyl (C=O) groups is 1. The number of hydrogen-bond acceptors (Lipinski definition) is 4. The maximum absolute atomic E-state index is 12.9. The molecule has 0 bridgehead atoms. The van der Waals surface area contributed by atoms with Gasteiger partial charge in [-0.25, -0.2) is 14.4 Å². The molecule has 1 saturated carbocycles. The Kier molecular flexibility index (Phi) is 4.80. The van der Waals surface area contributed by atoms with Crippen molar-refractivity contribution in [2.45, 2.75) is 38.1 Å². The van der Waals surface area contributed by atoms with Crippen molar-refractivity contribution < 1.29 is 9.18 Å². The van der Waals surface area contributed by atoms with Crippen molar-refractivity contribution in [1.82, 2.24) is 15.3 Å². The number of rotatable bonds is 4. The lowest BCUT2D eigenvalue weighted by molar-refractivity contribution is 0.0922. The molecule has 23 heavy (non-hydrogen) atoms. The SMILES string of the molecule is O=C(NC1CCCCC1)c1ccnc(Nc2ccc(F)cc2)n1. The second-order valence-corrected chi connectivity index (χ2v) is 5.71. The van der Waals surface area contributed by atoms with E-state index in [0.717, 1.165) is 25.7 Å². The zero-order valence-corrected chi connectivity index (χ0v) is 12.8. The lowest BCUT2D eigenvalue weighted by atomic mass is 9.95.